The standard InChI is InChI=1S/C16H21N3O2/c1-20-12-6-4-5-10-11-9-19(15(17)18)13-7-2-3-8-16(11,13)21-14(10)12/h4-6,11,13H,2-3,7-9H2,1H3,(H3,17,18). The lowest BCUT2D eigenvalue weighted by molar-refractivity contribution is 0.0150. The number of hydrogen-bond acceptors (Lipinski definition) is 3. The van der Waals surface area contributed by atoms with Gasteiger partial charge in [0.2, 0.25) is 0 Å². The molecule has 3 atom stereocenters. The van der Waals surface area contributed by atoms with E-state index in [9.17, 15) is 0 Å². The largest absolute Gasteiger partial charge is 0.493 e. The van der Waals surface area contributed by atoms with Crippen LogP contribution in [0, 0.1) is 5.41 Å². The van der Waals surface area contributed by atoms with E-state index in [1.54, 1.807) is 7.11 Å². The Kier molecular flexibility index (Phi) is 2.62. The Hall–Kier alpha value is -1.91. The molecule has 4 rings (SSSR count). The van der Waals surface area contributed by atoms with Crippen molar-refractivity contribution in [2.24, 2.45) is 5.73 Å². The highest BCUT2D eigenvalue weighted by Gasteiger charge is 2.62. The fourth-order valence-electron chi connectivity index (χ4n) is 4.54. The zero-order chi connectivity index (χ0) is 14.6. The summed E-state index contributed by atoms with van der Waals surface area (Å²) in [7, 11) is 1.69. The van der Waals surface area contributed by atoms with Gasteiger partial charge in [0.05, 0.1) is 13.2 Å². The van der Waals surface area contributed by atoms with Crippen molar-refractivity contribution in [2.75, 3.05) is 13.7 Å². The van der Waals surface area contributed by atoms with Gasteiger partial charge in [-0.05, 0) is 25.3 Å². The lowest BCUT2D eigenvalue weighted by Crippen LogP contribution is -2.53. The number of fused-ring (bicyclic) bond motifs is 2. The van der Waals surface area contributed by atoms with Gasteiger partial charge in [0.25, 0.3) is 0 Å². The van der Waals surface area contributed by atoms with Crippen molar-refractivity contribution in [3.05, 3.63) is 23.8 Å². The fraction of sp³-hybridized carbons (Fsp3) is 0.562. The van der Waals surface area contributed by atoms with Crippen LogP contribution in [0.4, 0.5) is 0 Å². The number of hydrogen-bond donors (Lipinski definition) is 2. The molecule has 112 valence electrons. The first-order valence-electron chi connectivity index (χ1n) is 7.64. The van der Waals surface area contributed by atoms with Crippen LogP contribution in [0.1, 0.15) is 37.2 Å². The molecule has 1 saturated carbocycles. The SMILES string of the molecule is COc1cccc2c1OC13CCCCC1N(C(=N)N)CC23. The first-order chi connectivity index (χ1) is 10.2. The van der Waals surface area contributed by atoms with Gasteiger partial charge in [-0.2, -0.15) is 0 Å². The molecule has 1 aliphatic carbocycles. The molecule has 1 spiro atoms. The Balaban J connectivity index is 1.82. The normalized spacial score (nSPS) is 32.9. The maximum atomic E-state index is 7.88. The molecule has 2 aliphatic heterocycles. The van der Waals surface area contributed by atoms with Crippen LogP contribution in [0.5, 0.6) is 11.5 Å². The van der Waals surface area contributed by atoms with E-state index in [4.69, 9.17) is 20.6 Å². The van der Waals surface area contributed by atoms with Gasteiger partial charge in [-0.15, -0.1) is 0 Å². The van der Waals surface area contributed by atoms with Gasteiger partial charge < -0.3 is 20.1 Å². The summed E-state index contributed by atoms with van der Waals surface area (Å²) in [6, 6.07) is 6.32. The molecule has 3 N–H and O–H groups in total. The van der Waals surface area contributed by atoms with Gasteiger partial charge in [-0.3, -0.25) is 5.41 Å². The molecule has 5 heteroatoms. The number of nitrogens with zero attached hydrogens (tertiary/aromatic N) is 1. The predicted molar refractivity (Wildman–Crippen MR) is 80.0 cm³/mol. The molecule has 1 saturated heterocycles. The van der Waals surface area contributed by atoms with Crippen LogP contribution in [-0.2, 0) is 0 Å². The fourth-order valence-corrected chi connectivity index (χ4v) is 4.54. The maximum absolute atomic E-state index is 7.88. The molecule has 1 aromatic rings. The predicted octanol–water partition coefficient (Wildman–Crippen LogP) is 2.06. The van der Waals surface area contributed by atoms with Gasteiger partial charge >= 0.3 is 0 Å². The number of para-hydroxylation sites is 1. The molecule has 5 nitrogen and oxygen atoms in total. The highest BCUT2D eigenvalue weighted by atomic mass is 16.5. The Bertz CT molecular complexity index is 603. The number of benzene rings is 1. The highest BCUT2D eigenvalue weighted by molar-refractivity contribution is 5.76. The summed E-state index contributed by atoms with van der Waals surface area (Å²) in [4.78, 5) is 2.03. The highest BCUT2D eigenvalue weighted by Crippen LogP contribution is 2.58. The van der Waals surface area contributed by atoms with Crippen LogP contribution in [0.2, 0.25) is 0 Å². The van der Waals surface area contributed by atoms with E-state index in [1.807, 2.05) is 17.0 Å². The molecule has 0 bridgehead atoms. The number of methoxy groups -OCH3 is 1. The molecule has 1 aromatic carbocycles. The minimum absolute atomic E-state index is 0.170. The first kappa shape index (κ1) is 12.8. The maximum Gasteiger partial charge on any atom is 0.188 e. The molecule has 0 radical (unpaired) electrons. The summed E-state index contributed by atoms with van der Waals surface area (Å²) in [5.41, 5.74) is 6.80. The molecule has 3 aliphatic rings. The van der Waals surface area contributed by atoms with Crippen LogP contribution in [-0.4, -0.2) is 36.2 Å². The second kappa shape index (κ2) is 4.29. The summed E-state index contributed by atoms with van der Waals surface area (Å²) >= 11 is 0. The topological polar surface area (TPSA) is 71.6 Å². The third-order valence-electron chi connectivity index (χ3n) is 5.41. The van der Waals surface area contributed by atoms with Crippen LogP contribution in [0.3, 0.4) is 0 Å². The van der Waals surface area contributed by atoms with Crippen molar-refractivity contribution < 1.29 is 9.47 Å². The van der Waals surface area contributed by atoms with Gasteiger partial charge in [0, 0.05) is 18.0 Å². The Morgan fingerprint density at radius 2 is 2.33 bits per heavy atom. The quantitative estimate of drug-likeness (QED) is 0.612. The van der Waals surface area contributed by atoms with Gasteiger partial charge in [-0.1, -0.05) is 18.6 Å². The van der Waals surface area contributed by atoms with Crippen LogP contribution >= 0.6 is 0 Å². The van der Waals surface area contributed by atoms with Crippen molar-refractivity contribution in [3.8, 4) is 11.5 Å². The number of guanidine groups is 1. The van der Waals surface area contributed by atoms with E-state index in [2.05, 4.69) is 6.07 Å². The van der Waals surface area contributed by atoms with Gasteiger partial charge in [0.15, 0.2) is 17.5 Å². The third kappa shape index (κ3) is 1.54. The summed E-state index contributed by atoms with van der Waals surface area (Å²) in [5.74, 6) is 2.18. The summed E-state index contributed by atoms with van der Waals surface area (Å²) in [5, 5.41) is 7.88. The minimum atomic E-state index is -0.221. The third-order valence-corrected chi connectivity index (χ3v) is 5.41. The van der Waals surface area contributed by atoms with Crippen LogP contribution in [0.25, 0.3) is 0 Å². The molecule has 2 fully saturated rings. The van der Waals surface area contributed by atoms with Gasteiger partial charge in [0.1, 0.15) is 5.60 Å². The Labute approximate surface area is 124 Å². The number of nitrogens with one attached hydrogen (secondary N) is 1. The summed E-state index contributed by atoms with van der Waals surface area (Å²) < 4.78 is 12.0. The Morgan fingerprint density at radius 1 is 1.48 bits per heavy atom. The molecular formula is C16H21N3O2. The van der Waals surface area contributed by atoms with Crippen molar-refractivity contribution in [2.45, 2.75) is 43.2 Å². The van der Waals surface area contributed by atoms with E-state index in [0.29, 0.717) is 0 Å². The van der Waals surface area contributed by atoms with Crippen LogP contribution < -0.4 is 15.2 Å². The molecular weight excluding hydrogens is 266 g/mol. The summed E-state index contributed by atoms with van der Waals surface area (Å²) in [6.45, 7) is 0.778. The number of ether oxygens (including phenoxy) is 2. The monoisotopic (exact) mass is 287 g/mol. The smallest absolute Gasteiger partial charge is 0.188 e. The zero-order valence-electron chi connectivity index (χ0n) is 12.3. The van der Waals surface area contributed by atoms with E-state index < -0.39 is 0 Å². The number of likely N-dealkylation sites (tertiary alicyclic amines) is 1. The van der Waals surface area contributed by atoms with Crippen molar-refractivity contribution in [1.29, 1.82) is 5.41 Å². The molecule has 2 heterocycles. The minimum Gasteiger partial charge on any atom is -0.493 e. The van der Waals surface area contributed by atoms with Crippen molar-refractivity contribution in [3.63, 3.8) is 0 Å². The molecule has 3 unspecified atom stereocenters. The zero-order valence-corrected chi connectivity index (χ0v) is 12.3. The average Bonchev–Trinajstić information content (AvgIpc) is 2.96. The average molecular weight is 287 g/mol. The second-order valence-corrected chi connectivity index (χ2v) is 6.29. The lowest BCUT2D eigenvalue weighted by Gasteiger charge is -2.40. The first-order valence-corrected chi connectivity index (χ1v) is 7.64. The second-order valence-electron chi connectivity index (χ2n) is 6.29. The molecule has 0 amide bonds. The Morgan fingerprint density at radius 3 is 3.10 bits per heavy atom. The molecule has 21 heavy (non-hydrogen) atoms. The number of rotatable bonds is 1. The van der Waals surface area contributed by atoms with Crippen molar-refractivity contribution in [1.82, 2.24) is 4.90 Å². The number of nitrogens with two attached hydrogens (primary N) is 1. The van der Waals surface area contributed by atoms with E-state index in [-0.39, 0.29) is 23.5 Å². The van der Waals surface area contributed by atoms with E-state index >= 15 is 0 Å². The molecule has 0 aromatic heterocycles. The lowest BCUT2D eigenvalue weighted by atomic mass is 9.74. The van der Waals surface area contributed by atoms with E-state index in [0.717, 1.165) is 30.9 Å². The van der Waals surface area contributed by atoms with E-state index in [1.165, 1.54) is 18.4 Å². The van der Waals surface area contributed by atoms with Gasteiger partial charge in [-0.25, -0.2) is 0 Å². The summed E-state index contributed by atoms with van der Waals surface area (Å²) in [6.07, 6.45) is 4.44. The van der Waals surface area contributed by atoms with Crippen LogP contribution in [0.15, 0.2) is 18.2 Å². The van der Waals surface area contributed by atoms with Crippen molar-refractivity contribution >= 4 is 5.96 Å².